The van der Waals surface area contributed by atoms with Crippen LogP contribution in [0.1, 0.15) is 42.7 Å². The number of hydrogen-bond donors (Lipinski definition) is 3. The number of rotatable bonds is 8. The van der Waals surface area contributed by atoms with Crippen molar-refractivity contribution in [1.82, 2.24) is 49.9 Å². The molecule has 5 heterocycles. The number of aromatic nitrogens is 8. The van der Waals surface area contributed by atoms with Crippen molar-refractivity contribution in [2.24, 2.45) is 14.1 Å². The van der Waals surface area contributed by atoms with Gasteiger partial charge in [0.25, 0.3) is 5.91 Å². The molecule has 0 unspecified atom stereocenters. The molecule has 0 atom stereocenters. The Hall–Kier alpha value is -4.13. The number of anilines is 4. The van der Waals surface area contributed by atoms with E-state index in [1.807, 2.05) is 14.0 Å². The standard InChI is InChI=1S/C24H32N12O/c1-15-18(11-16(12-26-15)22(37)25-8-10-36-9-6-7-24(36,2)3)29-20-17-13-27-23(31-21(17)34(4)33-20)30-19-14-28-35(5)32-19/h11-14H,6-10H2,1-5H3,(H,25,37)(H,29,33)(H,27,30,31,32). The Bertz CT molecular complexity index is 1440. The van der Waals surface area contributed by atoms with E-state index in [1.54, 1.807) is 36.4 Å². The fraction of sp³-hybridized carbons (Fsp3) is 0.458. The van der Waals surface area contributed by atoms with E-state index in [1.165, 1.54) is 17.6 Å². The van der Waals surface area contributed by atoms with Gasteiger partial charge in [-0.25, -0.2) is 9.67 Å². The molecular weight excluding hydrogens is 472 g/mol. The molecule has 13 nitrogen and oxygen atoms in total. The van der Waals surface area contributed by atoms with Crippen LogP contribution in [0.2, 0.25) is 0 Å². The van der Waals surface area contributed by atoms with Gasteiger partial charge in [0.05, 0.1) is 28.5 Å². The number of nitrogens with one attached hydrogen (secondary N) is 3. The molecule has 3 N–H and O–H groups in total. The van der Waals surface area contributed by atoms with Crippen LogP contribution in [0.3, 0.4) is 0 Å². The monoisotopic (exact) mass is 504 g/mol. The average Bonchev–Trinajstić information content (AvgIpc) is 3.52. The number of likely N-dealkylation sites (tertiary alicyclic amines) is 1. The van der Waals surface area contributed by atoms with Gasteiger partial charge < -0.3 is 16.0 Å². The lowest BCUT2D eigenvalue weighted by atomic mass is 10.0. The summed E-state index contributed by atoms with van der Waals surface area (Å²) in [5.74, 6) is 1.35. The van der Waals surface area contributed by atoms with Crippen molar-refractivity contribution in [3.05, 3.63) is 35.9 Å². The quantitative estimate of drug-likeness (QED) is 0.327. The first-order valence-corrected chi connectivity index (χ1v) is 12.3. The van der Waals surface area contributed by atoms with Gasteiger partial charge in [-0.1, -0.05) is 0 Å². The highest BCUT2D eigenvalue weighted by Gasteiger charge is 2.31. The van der Waals surface area contributed by atoms with Crippen LogP contribution in [0.15, 0.2) is 24.7 Å². The van der Waals surface area contributed by atoms with E-state index in [9.17, 15) is 4.79 Å². The Balaban J connectivity index is 1.29. The fourth-order valence-electron chi connectivity index (χ4n) is 4.60. The van der Waals surface area contributed by atoms with Crippen molar-refractivity contribution in [3.63, 3.8) is 0 Å². The Labute approximate surface area is 214 Å². The first kappa shape index (κ1) is 24.6. The second-order valence-electron chi connectivity index (χ2n) is 9.89. The number of hydrogen-bond acceptors (Lipinski definition) is 10. The van der Waals surface area contributed by atoms with Crippen LogP contribution in [0.25, 0.3) is 11.0 Å². The molecule has 0 aliphatic carbocycles. The van der Waals surface area contributed by atoms with Crippen LogP contribution in [-0.4, -0.2) is 75.7 Å². The largest absolute Gasteiger partial charge is 0.351 e. The Morgan fingerprint density at radius 3 is 2.68 bits per heavy atom. The zero-order chi connectivity index (χ0) is 26.2. The summed E-state index contributed by atoms with van der Waals surface area (Å²) in [5, 5.41) is 22.9. The second kappa shape index (κ2) is 9.73. The number of amides is 1. The van der Waals surface area contributed by atoms with Crippen LogP contribution in [0.4, 0.5) is 23.3 Å². The lowest BCUT2D eigenvalue weighted by Crippen LogP contribution is -2.43. The Kier molecular flexibility index (Phi) is 6.46. The molecule has 0 spiro atoms. The van der Waals surface area contributed by atoms with Crippen molar-refractivity contribution in [2.45, 2.75) is 39.2 Å². The lowest BCUT2D eigenvalue weighted by molar-refractivity contribution is 0.0940. The van der Waals surface area contributed by atoms with Crippen molar-refractivity contribution < 1.29 is 4.79 Å². The molecule has 0 radical (unpaired) electrons. The molecule has 4 aromatic rings. The smallest absolute Gasteiger partial charge is 0.252 e. The highest BCUT2D eigenvalue weighted by atomic mass is 16.1. The molecule has 194 valence electrons. The first-order chi connectivity index (χ1) is 17.7. The van der Waals surface area contributed by atoms with Crippen LogP contribution in [0.5, 0.6) is 0 Å². The molecule has 1 saturated heterocycles. The summed E-state index contributed by atoms with van der Waals surface area (Å²) in [6, 6.07) is 1.79. The number of fused-ring (bicyclic) bond motifs is 1. The van der Waals surface area contributed by atoms with E-state index in [2.05, 4.69) is 64.9 Å². The normalized spacial score (nSPS) is 15.3. The number of nitrogens with zero attached hydrogens (tertiary/aromatic N) is 9. The summed E-state index contributed by atoms with van der Waals surface area (Å²) in [6.07, 6.45) is 7.26. The molecule has 1 aliphatic rings. The molecule has 37 heavy (non-hydrogen) atoms. The van der Waals surface area contributed by atoms with Gasteiger partial charge in [-0.05, 0) is 46.2 Å². The Morgan fingerprint density at radius 1 is 1.11 bits per heavy atom. The van der Waals surface area contributed by atoms with Crippen molar-refractivity contribution >= 4 is 40.2 Å². The molecular formula is C24H32N12O. The van der Waals surface area contributed by atoms with Crippen LogP contribution in [0, 0.1) is 6.92 Å². The Morgan fingerprint density at radius 2 is 1.95 bits per heavy atom. The average molecular weight is 505 g/mol. The third kappa shape index (κ3) is 5.21. The van der Waals surface area contributed by atoms with Gasteiger partial charge in [0.15, 0.2) is 17.3 Å². The number of carbonyl (C=O) groups is 1. The molecule has 1 fully saturated rings. The summed E-state index contributed by atoms with van der Waals surface area (Å²) >= 11 is 0. The van der Waals surface area contributed by atoms with Crippen molar-refractivity contribution in [1.29, 1.82) is 0 Å². The van der Waals surface area contributed by atoms with E-state index in [4.69, 9.17) is 0 Å². The van der Waals surface area contributed by atoms with Gasteiger partial charge in [-0.3, -0.25) is 14.7 Å². The minimum absolute atomic E-state index is 0.151. The molecule has 1 amide bonds. The molecule has 0 saturated carbocycles. The molecule has 0 bridgehead atoms. The summed E-state index contributed by atoms with van der Waals surface area (Å²) in [7, 11) is 3.54. The maximum atomic E-state index is 12.8. The zero-order valence-corrected chi connectivity index (χ0v) is 21.8. The topological polar surface area (TPSA) is 144 Å². The van der Waals surface area contributed by atoms with Gasteiger partial charge in [0.2, 0.25) is 5.95 Å². The predicted octanol–water partition coefficient (Wildman–Crippen LogP) is 2.29. The minimum atomic E-state index is -0.151. The summed E-state index contributed by atoms with van der Waals surface area (Å²) in [4.78, 5) is 30.1. The van der Waals surface area contributed by atoms with Gasteiger partial charge in [0.1, 0.15) is 0 Å². The highest BCUT2D eigenvalue weighted by Crippen LogP contribution is 2.28. The molecule has 1 aliphatic heterocycles. The summed E-state index contributed by atoms with van der Waals surface area (Å²) in [6.45, 7) is 8.88. The zero-order valence-electron chi connectivity index (χ0n) is 21.8. The molecule has 13 heteroatoms. The van der Waals surface area contributed by atoms with E-state index >= 15 is 0 Å². The van der Waals surface area contributed by atoms with E-state index < -0.39 is 0 Å². The van der Waals surface area contributed by atoms with Gasteiger partial charge in [0, 0.05) is 45.1 Å². The number of carbonyl (C=O) groups excluding carboxylic acids is 1. The maximum Gasteiger partial charge on any atom is 0.252 e. The van der Waals surface area contributed by atoms with Gasteiger partial charge in [-0.15, -0.1) is 5.10 Å². The fourth-order valence-corrected chi connectivity index (χ4v) is 4.60. The van der Waals surface area contributed by atoms with Crippen molar-refractivity contribution in [2.75, 3.05) is 30.3 Å². The minimum Gasteiger partial charge on any atom is -0.351 e. The third-order valence-corrected chi connectivity index (χ3v) is 6.76. The number of pyridine rings is 1. The van der Waals surface area contributed by atoms with Crippen molar-refractivity contribution in [3.8, 4) is 0 Å². The third-order valence-electron chi connectivity index (χ3n) is 6.76. The molecule has 0 aromatic carbocycles. The SMILES string of the molecule is Cc1ncc(C(=O)NCCN2CCCC2(C)C)cc1Nc1nn(C)c2nc(Nc3cnn(C)n3)ncc12. The summed E-state index contributed by atoms with van der Waals surface area (Å²) < 4.78 is 1.67. The molecule has 5 rings (SSSR count). The molecule has 4 aromatic heterocycles. The van der Waals surface area contributed by atoms with E-state index in [0.717, 1.165) is 24.2 Å². The number of aryl methyl sites for hydroxylation is 3. The van der Waals surface area contributed by atoms with Crippen LogP contribution < -0.4 is 16.0 Å². The predicted molar refractivity (Wildman–Crippen MR) is 140 cm³/mol. The second-order valence-corrected chi connectivity index (χ2v) is 9.89. The van der Waals surface area contributed by atoms with E-state index in [-0.39, 0.29) is 11.4 Å². The maximum absolute atomic E-state index is 12.8. The first-order valence-electron chi connectivity index (χ1n) is 12.3. The lowest BCUT2D eigenvalue weighted by Gasteiger charge is -2.31. The van der Waals surface area contributed by atoms with E-state index in [0.29, 0.717) is 41.0 Å². The van der Waals surface area contributed by atoms with Crippen LogP contribution in [-0.2, 0) is 14.1 Å². The van der Waals surface area contributed by atoms with Gasteiger partial charge in [-0.2, -0.15) is 20.0 Å². The van der Waals surface area contributed by atoms with Crippen LogP contribution >= 0.6 is 0 Å². The highest BCUT2D eigenvalue weighted by molar-refractivity contribution is 5.96. The summed E-state index contributed by atoms with van der Waals surface area (Å²) in [5.41, 5.74) is 2.74. The van der Waals surface area contributed by atoms with Gasteiger partial charge >= 0.3 is 0 Å².